The fourth-order valence-corrected chi connectivity index (χ4v) is 5.18. The van der Waals surface area contributed by atoms with Crippen LogP contribution in [0.5, 0.6) is 0 Å². The van der Waals surface area contributed by atoms with Gasteiger partial charge in [-0.2, -0.15) is 0 Å². The van der Waals surface area contributed by atoms with Crippen molar-refractivity contribution >= 4 is 11.0 Å². The van der Waals surface area contributed by atoms with Gasteiger partial charge < -0.3 is 0 Å². The largest absolute Gasteiger partial charge is 0.245 e. The molecule has 2 aromatic heterocycles. The number of fused-ring (bicyclic) bond motifs is 1. The fraction of sp³-hybridized carbons (Fsp3) is 0. The Morgan fingerprint density at radius 2 is 0.575 bits per heavy atom. The zero-order chi connectivity index (χ0) is 26.7. The van der Waals surface area contributed by atoms with Crippen molar-refractivity contribution in [2.45, 2.75) is 0 Å². The highest BCUT2D eigenvalue weighted by molar-refractivity contribution is 6.06. The van der Waals surface area contributed by atoms with Crippen molar-refractivity contribution in [2.24, 2.45) is 0 Å². The summed E-state index contributed by atoms with van der Waals surface area (Å²) in [5.74, 6) is 0. The second-order valence-corrected chi connectivity index (χ2v) is 9.63. The van der Waals surface area contributed by atoms with Crippen LogP contribution in [0, 0.1) is 0 Å². The first-order valence-electron chi connectivity index (χ1n) is 13.4. The van der Waals surface area contributed by atoms with Crippen LogP contribution in [-0.4, -0.2) is 15.0 Å². The van der Waals surface area contributed by atoms with E-state index in [2.05, 4.69) is 84.9 Å². The molecule has 0 aliphatic rings. The molecule has 0 unspecified atom stereocenters. The first-order valence-corrected chi connectivity index (χ1v) is 13.4. The van der Waals surface area contributed by atoms with Crippen LogP contribution in [0.2, 0.25) is 0 Å². The van der Waals surface area contributed by atoms with E-state index in [0.29, 0.717) is 0 Å². The van der Waals surface area contributed by atoms with E-state index >= 15 is 0 Å². The van der Waals surface area contributed by atoms with E-state index in [4.69, 9.17) is 15.0 Å². The third-order valence-corrected chi connectivity index (χ3v) is 7.07. The lowest BCUT2D eigenvalue weighted by atomic mass is 9.95. The molecule has 0 atom stereocenters. The molecule has 0 radical (unpaired) electrons. The summed E-state index contributed by atoms with van der Waals surface area (Å²) in [7, 11) is 0. The van der Waals surface area contributed by atoms with Gasteiger partial charge in [0, 0.05) is 27.8 Å². The summed E-state index contributed by atoms with van der Waals surface area (Å²) in [5, 5.41) is 0. The van der Waals surface area contributed by atoms with Gasteiger partial charge in [0.1, 0.15) is 11.0 Å². The standard InChI is InChI=1S/C37H25N3/c1-6-16-26(17-7-1)31-32(27-18-8-2-9-19-27)38-35(30-24-14-5-15-25-30)37-36(31)39-33(28-20-10-3-11-21-28)34(40-37)29-22-12-4-13-23-29/h1-25H. The Bertz CT molecular complexity index is 1900. The van der Waals surface area contributed by atoms with E-state index in [9.17, 15) is 0 Å². The van der Waals surface area contributed by atoms with Crippen molar-refractivity contribution < 1.29 is 0 Å². The van der Waals surface area contributed by atoms with Crippen LogP contribution < -0.4 is 0 Å². The third kappa shape index (κ3) is 4.34. The Morgan fingerprint density at radius 1 is 0.250 bits per heavy atom. The van der Waals surface area contributed by atoms with Gasteiger partial charge in [0.2, 0.25) is 0 Å². The van der Waals surface area contributed by atoms with Gasteiger partial charge >= 0.3 is 0 Å². The van der Waals surface area contributed by atoms with Crippen LogP contribution in [0.25, 0.3) is 67.2 Å². The molecule has 0 amide bonds. The summed E-state index contributed by atoms with van der Waals surface area (Å²) in [4.78, 5) is 16.2. The van der Waals surface area contributed by atoms with Crippen LogP contribution >= 0.6 is 0 Å². The molecular formula is C37H25N3. The molecule has 5 aromatic carbocycles. The van der Waals surface area contributed by atoms with E-state index in [0.717, 1.165) is 67.2 Å². The van der Waals surface area contributed by atoms with E-state index < -0.39 is 0 Å². The molecule has 0 saturated heterocycles. The average molecular weight is 512 g/mol. The highest BCUT2D eigenvalue weighted by Gasteiger charge is 2.23. The molecule has 3 heteroatoms. The number of hydrogen-bond acceptors (Lipinski definition) is 3. The van der Waals surface area contributed by atoms with Crippen molar-refractivity contribution in [1.82, 2.24) is 15.0 Å². The lowest BCUT2D eigenvalue weighted by molar-refractivity contribution is 1.25. The van der Waals surface area contributed by atoms with Gasteiger partial charge in [0.25, 0.3) is 0 Å². The molecular weight excluding hydrogens is 486 g/mol. The fourth-order valence-electron chi connectivity index (χ4n) is 5.18. The molecule has 0 aliphatic carbocycles. The topological polar surface area (TPSA) is 38.7 Å². The molecule has 0 fully saturated rings. The van der Waals surface area contributed by atoms with E-state index in [1.165, 1.54) is 0 Å². The Kier molecular flexibility index (Phi) is 6.15. The van der Waals surface area contributed by atoms with Gasteiger partial charge in [-0.3, -0.25) is 0 Å². The molecule has 0 N–H and O–H groups in total. The number of aromatic nitrogens is 3. The predicted octanol–water partition coefficient (Wildman–Crippen LogP) is 9.36. The number of nitrogens with zero attached hydrogens (tertiary/aromatic N) is 3. The van der Waals surface area contributed by atoms with Crippen molar-refractivity contribution in [2.75, 3.05) is 0 Å². The summed E-state index contributed by atoms with van der Waals surface area (Å²) in [6.45, 7) is 0. The maximum atomic E-state index is 5.47. The summed E-state index contributed by atoms with van der Waals surface area (Å²) in [6, 6.07) is 51.7. The lowest BCUT2D eigenvalue weighted by Crippen LogP contribution is -2.02. The minimum Gasteiger partial charge on any atom is -0.245 e. The first kappa shape index (κ1) is 23.7. The van der Waals surface area contributed by atoms with Crippen LogP contribution in [0.3, 0.4) is 0 Å². The molecule has 0 saturated carbocycles. The van der Waals surface area contributed by atoms with Gasteiger partial charge in [-0.1, -0.05) is 152 Å². The molecule has 7 rings (SSSR count). The summed E-state index contributed by atoms with van der Waals surface area (Å²) >= 11 is 0. The van der Waals surface area contributed by atoms with Crippen molar-refractivity contribution in [3.63, 3.8) is 0 Å². The van der Waals surface area contributed by atoms with Gasteiger partial charge in [0.15, 0.2) is 0 Å². The quantitative estimate of drug-likeness (QED) is 0.231. The number of hydrogen-bond donors (Lipinski definition) is 0. The Morgan fingerprint density at radius 3 is 1.00 bits per heavy atom. The van der Waals surface area contributed by atoms with E-state index in [-0.39, 0.29) is 0 Å². The minimum atomic E-state index is 0.781. The van der Waals surface area contributed by atoms with E-state index in [1.54, 1.807) is 0 Å². The monoisotopic (exact) mass is 511 g/mol. The summed E-state index contributed by atoms with van der Waals surface area (Å²) in [5.41, 5.74) is 11.1. The van der Waals surface area contributed by atoms with Crippen molar-refractivity contribution in [3.05, 3.63) is 152 Å². The second kappa shape index (κ2) is 10.4. The minimum absolute atomic E-state index is 0.781. The zero-order valence-corrected chi connectivity index (χ0v) is 21.8. The molecule has 0 aliphatic heterocycles. The molecule has 40 heavy (non-hydrogen) atoms. The second-order valence-electron chi connectivity index (χ2n) is 9.63. The van der Waals surface area contributed by atoms with Gasteiger partial charge in [-0.15, -0.1) is 0 Å². The highest BCUT2D eigenvalue weighted by Crippen LogP contribution is 2.42. The number of pyridine rings is 1. The number of rotatable bonds is 5. The maximum absolute atomic E-state index is 5.47. The Hall–Kier alpha value is -5.41. The Labute approximate surface area is 233 Å². The van der Waals surface area contributed by atoms with Crippen molar-refractivity contribution in [3.8, 4) is 56.2 Å². The summed E-state index contributed by atoms with van der Waals surface area (Å²) in [6.07, 6.45) is 0. The van der Waals surface area contributed by atoms with Crippen LogP contribution in [-0.2, 0) is 0 Å². The Balaban J connectivity index is 1.68. The van der Waals surface area contributed by atoms with Gasteiger partial charge in [-0.25, -0.2) is 15.0 Å². The SMILES string of the molecule is c1ccc(-c2nc3c(-c4ccccc4)nc(-c4ccccc4)c(-c4ccccc4)c3nc2-c2ccccc2)cc1. The van der Waals surface area contributed by atoms with Gasteiger partial charge in [-0.05, 0) is 5.56 Å². The smallest absolute Gasteiger partial charge is 0.116 e. The average Bonchev–Trinajstić information content (AvgIpc) is 3.05. The predicted molar refractivity (Wildman–Crippen MR) is 165 cm³/mol. The molecule has 2 heterocycles. The molecule has 0 bridgehead atoms. The first-order chi connectivity index (χ1) is 19.9. The van der Waals surface area contributed by atoms with Crippen LogP contribution in [0.4, 0.5) is 0 Å². The third-order valence-electron chi connectivity index (χ3n) is 7.07. The maximum Gasteiger partial charge on any atom is 0.116 e. The normalized spacial score (nSPS) is 11.0. The van der Waals surface area contributed by atoms with E-state index in [1.807, 2.05) is 66.7 Å². The molecule has 0 spiro atoms. The number of benzene rings is 5. The van der Waals surface area contributed by atoms with Crippen molar-refractivity contribution in [1.29, 1.82) is 0 Å². The van der Waals surface area contributed by atoms with Crippen LogP contribution in [0.1, 0.15) is 0 Å². The highest BCUT2D eigenvalue weighted by atomic mass is 14.9. The molecule has 7 aromatic rings. The zero-order valence-electron chi connectivity index (χ0n) is 21.8. The lowest BCUT2D eigenvalue weighted by Gasteiger charge is -2.18. The van der Waals surface area contributed by atoms with Crippen LogP contribution in [0.15, 0.2) is 152 Å². The summed E-state index contributed by atoms with van der Waals surface area (Å²) < 4.78 is 0. The van der Waals surface area contributed by atoms with Gasteiger partial charge in [0.05, 0.1) is 22.8 Å². The molecule has 3 nitrogen and oxygen atoms in total. The molecule has 188 valence electrons.